The molecule has 0 radical (unpaired) electrons. The molecule has 1 saturated heterocycles. The molecule has 0 amide bonds. The number of nitriles is 1. The van der Waals surface area contributed by atoms with Crippen LogP contribution >= 0.6 is 0 Å². The first-order valence-electron chi connectivity index (χ1n) is 7.35. The topological polar surface area (TPSA) is 82.9 Å². The van der Waals surface area contributed by atoms with Crippen molar-refractivity contribution in [1.82, 2.24) is 15.3 Å². The average molecular weight is 313 g/mol. The highest BCUT2D eigenvalue weighted by Crippen LogP contribution is 2.16. The molecule has 3 rings (SSSR count). The van der Waals surface area contributed by atoms with E-state index in [9.17, 15) is 4.39 Å². The van der Waals surface area contributed by atoms with Crippen molar-refractivity contribution in [3.05, 3.63) is 47.5 Å². The highest BCUT2D eigenvalue weighted by atomic mass is 19.1. The number of ether oxygens (including phenoxy) is 1. The van der Waals surface area contributed by atoms with Crippen LogP contribution in [0.3, 0.4) is 0 Å². The van der Waals surface area contributed by atoms with Gasteiger partial charge in [0.2, 0.25) is 5.88 Å². The molecule has 1 aliphatic rings. The monoisotopic (exact) mass is 313 g/mol. The minimum atomic E-state index is -0.469. The number of benzene rings is 1. The molecular weight excluding hydrogens is 297 g/mol. The van der Waals surface area contributed by atoms with Gasteiger partial charge >= 0.3 is 0 Å². The summed E-state index contributed by atoms with van der Waals surface area (Å²) in [6, 6.07) is 6.50. The molecule has 23 heavy (non-hydrogen) atoms. The number of hydrogen-bond donors (Lipinski definition) is 2. The Morgan fingerprint density at radius 1 is 1.43 bits per heavy atom. The Kier molecular flexibility index (Phi) is 4.64. The van der Waals surface area contributed by atoms with Crippen molar-refractivity contribution >= 4 is 5.82 Å². The molecule has 1 fully saturated rings. The lowest BCUT2D eigenvalue weighted by molar-refractivity contribution is 0.287. The largest absolute Gasteiger partial charge is 0.472 e. The maximum absolute atomic E-state index is 13.8. The molecule has 118 valence electrons. The number of anilines is 1. The number of rotatable bonds is 5. The van der Waals surface area contributed by atoms with Gasteiger partial charge in [-0.05, 0) is 25.1 Å². The molecule has 0 bridgehead atoms. The van der Waals surface area contributed by atoms with Gasteiger partial charge in [-0.15, -0.1) is 0 Å². The maximum atomic E-state index is 13.8. The van der Waals surface area contributed by atoms with E-state index < -0.39 is 5.82 Å². The lowest BCUT2D eigenvalue weighted by atomic mass is 10.1. The highest BCUT2D eigenvalue weighted by Gasteiger charge is 2.14. The predicted octanol–water partition coefficient (Wildman–Crippen LogP) is 1.84. The fraction of sp³-hybridized carbons (Fsp3) is 0.312. The van der Waals surface area contributed by atoms with Gasteiger partial charge in [-0.1, -0.05) is 6.07 Å². The van der Waals surface area contributed by atoms with Crippen molar-refractivity contribution in [2.24, 2.45) is 0 Å². The average Bonchev–Trinajstić information content (AvgIpc) is 3.07. The Morgan fingerprint density at radius 3 is 3.09 bits per heavy atom. The molecule has 2 heterocycles. The second-order valence-corrected chi connectivity index (χ2v) is 5.28. The van der Waals surface area contributed by atoms with E-state index >= 15 is 0 Å². The van der Waals surface area contributed by atoms with Crippen LogP contribution in [0.2, 0.25) is 0 Å². The van der Waals surface area contributed by atoms with Gasteiger partial charge in [-0.3, -0.25) is 4.98 Å². The summed E-state index contributed by atoms with van der Waals surface area (Å²) in [7, 11) is 0. The second-order valence-electron chi connectivity index (χ2n) is 5.28. The predicted molar refractivity (Wildman–Crippen MR) is 82.4 cm³/mol. The zero-order chi connectivity index (χ0) is 16.1. The molecule has 0 unspecified atom stereocenters. The van der Waals surface area contributed by atoms with Gasteiger partial charge in [-0.2, -0.15) is 10.2 Å². The molecule has 0 aliphatic carbocycles. The minimum absolute atomic E-state index is 0.0284. The van der Waals surface area contributed by atoms with Gasteiger partial charge in [-0.25, -0.2) is 4.39 Å². The quantitative estimate of drug-likeness (QED) is 0.876. The molecule has 1 aromatic carbocycles. The number of nitrogens with one attached hydrogen (secondary N) is 2. The molecule has 1 aromatic heterocycles. The summed E-state index contributed by atoms with van der Waals surface area (Å²) in [5.41, 5.74) is 0.645. The normalized spacial score (nSPS) is 16.8. The smallest absolute Gasteiger partial charge is 0.234 e. The van der Waals surface area contributed by atoms with Crippen LogP contribution in [0.15, 0.2) is 30.6 Å². The number of nitrogens with zero attached hydrogens (tertiary/aromatic N) is 3. The third kappa shape index (κ3) is 3.93. The van der Waals surface area contributed by atoms with Gasteiger partial charge in [0.05, 0.1) is 24.0 Å². The first-order valence-corrected chi connectivity index (χ1v) is 7.35. The van der Waals surface area contributed by atoms with Crippen LogP contribution in [-0.4, -0.2) is 29.1 Å². The van der Waals surface area contributed by atoms with E-state index in [1.165, 1.54) is 18.3 Å². The van der Waals surface area contributed by atoms with Gasteiger partial charge in [0, 0.05) is 18.2 Å². The summed E-state index contributed by atoms with van der Waals surface area (Å²) < 4.78 is 19.3. The molecule has 2 N–H and O–H groups in total. The van der Waals surface area contributed by atoms with Crippen molar-refractivity contribution in [3.63, 3.8) is 0 Å². The van der Waals surface area contributed by atoms with E-state index in [1.807, 2.05) is 6.07 Å². The van der Waals surface area contributed by atoms with E-state index in [1.54, 1.807) is 12.3 Å². The van der Waals surface area contributed by atoms with Crippen LogP contribution in [0.4, 0.5) is 10.2 Å². The lowest BCUT2D eigenvalue weighted by Gasteiger charge is -2.12. The molecule has 0 saturated carbocycles. The zero-order valence-corrected chi connectivity index (χ0v) is 12.4. The van der Waals surface area contributed by atoms with Gasteiger partial charge in [0.15, 0.2) is 0 Å². The van der Waals surface area contributed by atoms with Crippen molar-refractivity contribution in [2.45, 2.75) is 19.1 Å². The Hall–Kier alpha value is -2.72. The molecular formula is C16H16FN5O. The Labute approximate surface area is 133 Å². The summed E-state index contributed by atoms with van der Waals surface area (Å²) in [4.78, 5) is 8.40. The van der Waals surface area contributed by atoms with Crippen molar-refractivity contribution in [1.29, 1.82) is 5.26 Å². The lowest BCUT2D eigenvalue weighted by Crippen LogP contribution is -2.22. The molecule has 1 aliphatic heterocycles. The molecule has 0 spiro atoms. The minimum Gasteiger partial charge on any atom is -0.472 e. The third-order valence-electron chi connectivity index (χ3n) is 3.58. The zero-order valence-electron chi connectivity index (χ0n) is 12.4. The summed E-state index contributed by atoms with van der Waals surface area (Å²) in [5, 5.41) is 15.3. The number of halogens is 1. The summed E-state index contributed by atoms with van der Waals surface area (Å²) in [6.45, 7) is 1.91. The van der Waals surface area contributed by atoms with Crippen LogP contribution in [0.25, 0.3) is 0 Å². The van der Waals surface area contributed by atoms with E-state index in [0.29, 0.717) is 23.3 Å². The first-order chi connectivity index (χ1) is 11.2. The van der Waals surface area contributed by atoms with E-state index in [0.717, 1.165) is 19.5 Å². The fourth-order valence-corrected chi connectivity index (χ4v) is 2.36. The Balaban J connectivity index is 1.63. The van der Waals surface area contributed by atoms with E-state index in [4.69, 9.17) is 10.00 Å². The van der Waals surface area contributed by atoms with Gasteiger partial charge in [0.25, 0.3) is 0 Å². The van der Waals surface area contributed by atoms with Crippen molar-refractivity contribution in [3.8, 4) is 11.9 Å². The van der Waals surface area contributed by atoms with Crippen LogP contribution < -0.4 is 15.4 Å². The summed E-state index contributed by atoms with van der Waals surface area (Å²) in [5.74, 6) is 0.490. The summed E-state index contributed by atoms with van der Waals surface area (Å²) in [6.07, 6.45) is 4.15. The Morgan fingerprint density at radius 2 is 2.35 bits per heavy atom. The molecule has 2 aromatic rings. The van der Waals surface area contributed by atoms with Crippen LogP contribution in [-0.2, 0) is 6.61 Å². The molecule has 1 atom stereocenters. The van der Waals surface area contributed by atoms with E-state index in [2.05, 4.69) is 20.6 Å². The number of aromatic nitrogens is 2. The van der Waals surface area contributed by atoms with Gasteiger partial charge < -0.3 is 15.4 Å². The molecule has 7 heteroatoms. The first kappa shape index (κ1) is 15.2. The van der Waals surface area contributed by atoms with Crippen LogP contribution in [0.5, 0.6) is 5.88 Å². The SMILES string of the molecule is N#Cc1ccc(COc2cncc(N[C@@H]3CCNC3)n2)c(F)c1. The second kappa shape index (κ2) is 7.03. The fourth-order valence-electron chi connectivity index (χ4n) is 2.36. The highest BCUT2D eigenvalue weighted by molar-refractivity contribution is 5.35. The third-order valence-corrected chi connectivity index (χ3v) is 3.58. The van der Waals surface area contributed by atoms with Crippen molar-refractivity contribution < 1.29 is 9.13 Å². The standard InChI is InChI=1S/C16H16FN5O/c17-14-5-11(6-18)1-2-12(14)10-23-16-9-20-8-15(22-16)21-13-3-4-19-7-13/h1-2,5,8-9,13,19H,3-4,7,10H2,(H,21,22)/t13-/m1/s1. The number of hydrogen-bond acceptors (Lipinski definition) is 6. The van der Waals surface area contributed by atoms with Crippen molar-refractivity contribution in [2.75, 3.05) is 18.4 Å². The Bertz CT molecular complexity index is 725. The van der Waals surface area contributed by atoms with Gasteiger partial charge in [0.1, 0.15) is 18.2 Å². The molecule has 6 nitrogen and oxygen atoms in total. The van der Waals surface area contributed by atoms with Crippen LogP contribution in [0, 0.1) is 17.1 Å². The maximum Gasteiger partial charge on any atom is 0.234 e. The summed E-state index contributed by atoms with van der Waals surface area (Å²) >= 11 is 0. The van der Waals surface area contributed by atoms with E-state index in [-0.39, 0.29) is 12.2 Å². The van der Waals surface area contributed by atoms with Crippen LogP contribution in [0.1, 0.15) is 17.5 Å².